The highest BCUT2D eigenvalue weighted by molar-refractivity contribution is 5.78. The van der Waals surface area contributed by atoms with Crippen LogP contribution in [0.25, 0.3) is 0 Å². The molecule has 2 aliphatic heterocycles. The van der Waals surface area contributed by atoms with E-state index in [4.69, 9.17) is 10.00 Å². The van der Waals surface area contributed by atoms with E-state index in [1.807, 2.05) is 29.2 Å². The molecule has 1 aliphatic carbocycles. The summed E-state index contributed by atoms with van der Waals surface area (Å²) in [6, 6.07) is 10.3. The lowest BCUT2D eigenvalue weighted by molar-refractivity contribution is -0.140. The normalized spacial score (nSPS) is 26.3. The largest absolute Gasteiger partial charge is 0.360 e. The number of pyridine rings is 2. The predicted octanol–water partition coefficient (Wildman–Crippen LogP) is 2.48. The van der Waals surface area contributed by atoms with Crippen LogP contribution in [0.15, 0.2) is 42.9 Å². The number of carbonyl (C=O) groups is 1. The lowest BCUT2D eigenvalue weighted by Gasteiger charge is -2.42. The first kappa shape index (κ1) is 19.0. The SMILES string of the molecule is C[C@H]1CC2CN(C(=O)COC3(c4ccncc4)CC3)CC1N2c1ccc(C#N)cn1. The van der Waals surface area contributed by atoms with Gasteiger partial charge in [0.15, 0.2) is 0 Å². The fraction of sp³-hybridized carbons (Fsp3) is 0.478. The predicted molar refractivity (Wildman–Crippen MR) is 110 cm³/mol. The van der Waals surface area contributed by atoms with Crippen LogP contribution in [0, 0.1) is 17.2 Å². The smallest absolute Gasteiger partial charge is 0.248 e. The maximum atomic E-state index is 13.0. The second-order valence-electron chi connectivity index (χ2n) is 8.68. The molecule has 3 atom stereocenters. The second-order valence-corrected chi connectivity index (χ2v) is 8.68. The maximum absolute atomic E-state index is 13.0. The van der Waals surface area contributed by atoms with Gasteiger partial charge in [0.25, 0.3) is 0 Å². The quantitative estimate of drug-likeness (QED) is 0.763. The van der Waals surface area contributed by atoms with Crippen LogP contribution in [0.5, 0.6) is 0 Å². The number of anilines is 1. The van der Waals surface area contributed by atoms with Crippen LogP contribution < -0.4 is 4.90 Å². The number of nitriles is 1. The molecule has 5 rings (SSSR count). The molecule has 30 heavy (non-hydrogen) atoms. The van der Waals surface area contributed by atoms with Gasteiger partial charge in [-0.15, -0.1) is 0 Å². The zero-order valence-electron chi connectivity index (χ0n) is 17.1. The third-order valence-corrected chi connectivity index (χ3v) is 6.77. The minimum absolute atomic E-state index is 0.0619. The number of carbonyl (C=O) groups excluding carboxylic acids is 1. The first-order chi connectivity index (χ1) is 14.6. The molecule has 7 heteroatoms. The van der Waals surface area contributed by atoms with Crippen LogP contribution in [-0.4, -0.2) is 52.6 Å². The Morgan fingerprint density at radius 1 is 1.27 bits per heavy atom. The Labute approximate surface area is 176 Å². The summed E-state index contributed by atoms with van der Waals surface area (Å²) in [4.78, 5) is 25.8. The Hall–Kier alpha value is -2.98. The van der Waals surface area contributed by atoms with Crippen molar-refractivity contribution < 1.29 is 9.53 Å². The number of aromatic nitrogens is 2. The molecule has 2 unspecified atom stereocenters. The van der Waals surface area contributed by atoms with Crippen molar-refractivity contribution in [3.63, 3.8) is 0 Å². The molecule has 7 nitrogen and oxygen atoms in total. The van der Waals surface area contributed by atoms with Crippen LogP contribution >= 0.6 is 0 Å². The van der Waals surface area contributed by atoms with Gasteiger partial charge < -0.3 is 14.5 Å². The van der Waals surface area contributed by atoms with E-state index in [2.05, 4.69) is 27.9 Å². The molecule has 0 aromatic carbocycles. The Kier molecular flexibility index (Phi) is 4.67. The molecular weight excluding hydrogens is 378 g/mol. The molecule has 1 amide bonds. The van der Waals surface area contributed by atoms with Gasteiger partial charge in [-0.2, -0.15) is 5.26 Å². The first-order valence-electron chi connectivity index (χ1n) is 10.6. The molecule has 154 valence electrons. The van der Waals surface area contributed by atoms with Crippen LogP contribution in [0.3, 0.4) is 0 Å². The van der Waals surface area contributed by atoms with Crippen LogP contribution in [-0.2, 0) is 15.1 Å². The van der Waals surface area contributed by atoms with Gasteiger partial charge >= 0.3 is 0 Å². The fourth-order valence-corrected chi connectivity index (χ4v) is 4.97. The molecule has 3 aliphatic rings. The molecule has 2 saturated heterocycles. The average Bonchev–Trinajstić information content (AvgIpc) is 3.55. The summed E-state index contributed by atoms with van der Waals surface area (Å²) in [6.07, 6.45) is 8.11. The Balaban J connectivity index is 1.25. The highest BCUT2D eigenvalue weighted by Crippen LogP contribution is 2.49. The minimum Gasteiger partial charge on any atom is -0.360 e. The lowest BCUT2D eigenvalue weighted by Crippen LogP contribution is -2.57. The van der Waals surface area contributed by atoms with Crippen LogP contribution in [0.2, 0.25) is 0 Å². The number of nitrogens with zero attached hydrogens (tertiary/aromatic N) is 5. The van der Waals surface area contributed by atoms with Crippen molar-refractivity contribution in [1.29, 1.82) is 5.26 Å². The van der Waals surface area contributed by atoms with Crippen molar-refractivity contribution in [3.05, 3.63) is 54.0 Å². The van der Waals surface area contributed by atoms with Gasteiger partial charge in [-0.1, -0.05) is 6.92 Å². The van der Waals surface area contributed by atoms with Crippen molar-refractivity contribution in [1.82, 2.24) is 14.9 Å². The number of amides is 1. The van der Waals surface area contributed by atoms with Gasteiger partial charge in [0.2, 0.25) is 5.91 Å². The van der Waals surface area contributed by atoms with E-state index in [-0.39, 0.29) is 30.2 Å². The first-order valence-corrected chi connectivity index (χ1v) is 10.6. The third kappa shape index (κ3) is 3.31. The number of ether oxygens (including phenoxy) is 1. The van der Waals surface area contributed by atoms with E-state index < -0.39 is 0 Å². The lowest BCUT2D eigenvalue weighted by atomic mass is 10.0. The molecule has 0 radical (unpaired) electrons. The van der Waals surface area contributed by atoms with Crippen molar-refractivity contribution >= 4 is 11.7 Å². The number of rotatable bonds is 5. The Morgan fingerprint density at radius 3 is 2.70 bits per heavy atom. The molecule has 2 aromatic rings. The molecule has 2 bridgehead atoms. The van der Waals surface area contributed by atoms with E-state index in [1.54, 1.807) is 18.6 Å². The second kappa shape index (κ2) is 7.37. The summed E-state index contributed by atoms with van der Waals surface area (Å²) >= 11 is 0. The van der Waals surface area contributed by atoms with Crippen molar-refractivity contribution in [2.24, 2.45) is 5.92 Å². The minimum atomic E-state index is -0.306. The highest BCUT2D eigenvalue weighted by Gasteiger charge is 2.48. The fourth-order valence-electron chi connectivity index (χ4n) is 4.97. The van der Waals surface area contributed by atoms with Gasteiger partial charge in [0.05, 0.1) is 17.2 Å². The highest BCUT2D eigenvalue weighted by atomic mass is 16.5. The van der Waals surface area contributed by atoms with E-state index in [9.17, 15) is 4.79 Å². The van der Waals surface area contributed by atoms with E-state index in [1.165, 1.54) is 0 Å². The number of fused-ring (bicyclic) bond motifs is 2. The molecule has 1 saturated carbocycles. The Bertz CT molecular complexity index is 967. The van der Waals surface area contributed by atoms with Gasteiger partial charge in [-0.3, -0.25) is 9.78 Å². The average molecular weight is 403 g/mol. The molecular formula is C23H25N5O2. The standard InChI is InChI=1S/C23H25N5O2/c1-16-10-19-13-27(14-20(16)28(19)21-3-2-17(11-24)12-26-21)22(29)15-30-23(6-7-23)18-4-8-25-9-5-18/h2-5,8-9,12,16,19-20H,6-7,10,13-15H2,1H3/t16-,19?,20?/m0/s1. The summed E-state index contributed by atoms with van der Waals surface area (Å²) in [6.45, 7) is 3.73. The summed E-state index contributed by atoms with van der Waals surface area (Å²) in [7, 11) is 0. The molecule has 3 fully saturated rings. The van der Waals surface area contributed by atoms with Crippen molar-refractivity contribution in [2.45, 2.75) is 43.9 Å². The van der Waals surface area contributed by atoms with E-state index >= 15 is 0 Å². The maximum Gasteiger partial charge on any atom is 0.248 e. The van der Waals surface area contributed by atoms with Gasteiger partial charge in [-0.05, 0) is 55.0 Å². The number of likely N-dealkylation sites (tertiary alicyclic amines) is 1. The van der Waals surface area contributed by atoms with Crippen molar-refractivity contribution in [2.75, 3.05) is 24.6 Å². The zero-order valence-corrected chi connectivity index (χ0v) is 17.1. The van der Waals surface area contributed by atoms with Gasteiger partial charge in [-0.25, -0.2) is 4.98 Å². The molecule has 0 N–H and O–H groups in total. The van der Waals surface area contributed by atoms with E-state index in [0.29, 0.717) is 24.6 Å². The Morgan fingerprint density at radius 2 is 2.07 bits per heavy atom. The van der Waals surface area contributed by atoms with Crippen LogP contribution in [0.1, 0.15) is 37.3 Å². The monoisotopic (exact) mass is 403 g/mol. The van der Waals surface area contributed by atoms with Crippen molar-refractivity contribution in [3.8, 4) is 6.07 Å². The third-order valence-electron chi connectivity index (χ3n) is 6.77. The summed E-state index contributed by atoms with van der Waals surface area (Å²) < 4.78 is 6.12. The molecule has 4 heterocycles. The van der Waals surface area contributed by atoms with Gasteiger partial charge in [0, 0.05) is 37.7 Å². The van der Waals surface area contributed by atoms with Gasteiger partial charge in [0.1, 0.15) is 18.5 Å². The molecule has 0 spiro atoms. The summed E-state index contributed by atoms with van der Waals surface area (Å²) in [5.41, 5.74) is 1.36. The van der Waals surface area contributed by atoms with Crippen LogP contribution in [0.4, 0.5) is 5.82 Å². The molecule has 2 aromatic heterocycles. The summed E-state index contributed by atoms with van der Waals surface area (Å²) in [5.74, 6) is 1.44. The number of piperazine rings is 1. The number of hydrogen-bond acceptors (Lipinski definition) is 6. The number of hydrogen-bond donors (Lipinski definition) is 0. The van der Waals surface area contributed by atoms with E-state index in [0.717, 1.165) is 30.6 Å². The topological polar surface area (TPSA) is 82.4 Å². The summed E-state index contributed by atoms with van der Waals surface area (Å²) in [5, 5.41) is 9.02. The zero-order chi connectivity index (χ0) is 20.7.